The molecule has 0 atom stereocenters. The lowest BCUT2D eigenvalue weighted by molar-refractivity contribution is 0.340. The molecule has 0 radical (unpaired) electrons. The van der Waals surface area contributed by atoms with Gasteiger partial charge in [-0.3, -0.25) is 4.98 Å². The van der Waals surface area contributed by atoms with Gasteiger partial charge in [-0.05, 0) is 37.3 Å². The number of nitrogens with one attached hydrogen (secondary N) is 1. The van der Waals surface area contributed by atoms with Gasteiger partial charge in [-0.2, -0.15) is 14.9 Å². The molecule has 3 rings (SSSR count). The molecule has 0 aliphatic heterocycles. The Hall–Kier alpha value is -2.80. The summed E-state index contributed by atoms with van der Waals surface area (Å²) in [6.07, 6.45) is 5.13. The van der Waals surface area contributed by atoms with Crippen LogP contribution in [0.25, 0.3) is 11.4 Å². The van der Waals surface area contributed by atoms with Gasteiger partial charge in [0.25, 0.3) is 0 Å². The van der Waals surface area contributed by atoms with E-state index in [0.717, 1.165) is 16.9 Å². The first-order chi connectivity index (χ1) is 11.3. The maximum atomic E-state index is 5.52. The van der Waals surface area contributed by atoms with E-state index in [2.05, 4.69) is 20.3 Å². The SMILES string of the molecule is CCOc1cccc(-c2n[nH]c(=S)n2N=Cc2cccnc2)c1. The van der Waals surface area contributed by atoms with Crippen molar-refractivity contribution < 1.29 is 4.74 Å². The van der Waals surface area contributed by atoms with Crippen molar-refractivity contribution in [2.45, 2.75) is 6.92 Å². The van der Waals surface area contributed by atoms with E-state index in [1.165, 1.54) is 0 Å². The van der Waals surface area contributed by atoms with Gasteiger partial charge in [0.1, 0.15) is 5.75 Å². The van der Waals surface area contributed by atoms with Crippen LogP contribution in [0.15, 0.2) is 53.9 Å². The molecule has 1 aromatic carbocycles. The lowest BCUT2D eigenvalue weighted by Crippen LogP contribution is -1.96. The first-order valence-electron chi connectivity index (χ1n) is 7.13. The molecular formula is C16H15N5OS. The Morgan fingerprint density at radius 2 is 2.26 bits per heavy atom. The van der Waals surface area contributed by atoms with Crippen LogP contribution in [-0.2, 0) is 0 Å². The fourth-order valence-corrected chi connectivity index (χ4v) is 2.23. The molecule has 1 N–H and O–H groups in total. The Labute approximate surface area is 138 Å². The largest absolute Gasteiger partial charge is 0.494 e. The van der Waals surface area contributed by atoms with Gasteiger partial charge in [0.15, 0.2) is 5.82 Å². The average molecular weight is 325 g/mol. The van der Waals surface area contributed by atoms with Crippen LogP contribution in [0, 0.1) is 4.77 Å². The molecule has 0 aliphatic rings. The highest BCUT2D eigenvalue weighted by Crippen LogP contribution is 2.22. The number of nitrogens with zero attached hydrogens (tertiary/aromatic N) is 4. The van der Waals surface area contributed by atoms with Gasteiger partial charge in [-0.1, -0.05) is 18.2 Å². The third-order valence-corrected chi connectivity index (χ3v) is 3.32. The molecule has 0 unspecified atom stereocenters. The van der Waals surface area contributed by atoms with Crippen LogP contribution in [0.1, 0.15) is 12.5 Å². The van der Waals surface area contributed by atoms with Crippen LogP contribution >= 0.6 is 12.2 Å². The molecule has 3 aromatic rings. The van der Waals surface area contributed by atoms with E-state index in [4.69, 9.17) is 17.0 Å². The number of aromatic nitrogens is 4. The topological polar surface area (TPSA) is 68.1 Å². The van der Waals surface area contributed by atoms with Crippen molar-refractivity contribution >= 4 is 18.4 Å². The fraction of sp³-hybridized carbons (Fsp3) is 0.125. The number of hydrogen-bond acceptors (Lipinski definition) is 5. The fourth-order valence-electron chi connectivity index (χ4n) is 2.05. The van der Waals surface area contributed by atoms with E-state index in [-0.39, 0.29) is 0 Å². The van der Waals surface area contributed by atoms with Gasteiger partial charge in [-0.25, -0.2) is 5.10 Å². The number of hydrogen-bond donors (Lipinski definition) is 1. The smallest absolute Gasteiger partial charge is 0.216 e. The van der Waals surface area contributed by atoms with E-state index in [9.17, 15) is 0 Å². The summed E-state index contributed by atoms with van der Waals surface area (Å²) in [6, 6.07) is 11.4. The monoisotopic (exact) mass is 325 g/mol. The summed E-state index contributed by atoms with van der Waals surface area (Å²) in [5.41, 5.74) is 1.75. The summed E-state index contributed by atoms with van der Waals surface area (Å²) in [7, 11) is 0. The second kappa shape index (κ2) is 6.97. The molecule has 0 amide bonds. The Kier molecular flexibility index (Phi) is 4.58. The van der Waals surface area contributed by atoms with Gasteiger partial charge in [0, 0.05) is 23.5 Å². The molecule has 23 heavy (non-hydrogen) atoms. The van der Waals surface area contributed by atoms with Gasteiger partial charge in [0.05, 0.1) is 12.8 Å². The molecule has 0 bridgehead atoms. The lowest BCUT2D eigenvalue weighted by atomic mass is 10.2. The minimum Gasteiger partial charge on any atom is -0.494 e. The third-order valence-electron chi connectivity index (χ3n) is 3.06. The average Bonchev–Trinajstić information content (AvgIpc) is 2.95. The van der Waals surface area contributed by atoms with Crippen molar-refractivity contribution in [1.29, 1.82) is 0 Å². The zero-order chi connectivity index (χ0) is 16.1. The van der Waals surface area contributed by atoms with Crippen LogP contribution < -0.4 is 4.74 Å². The zero-order valence-electron chi connectivity index (χ0n) is 12.5. The summed E-state index contributed by atoms with van der Waals surface area (Å²) in [4.78, 5) is 4.05. The minimum absolute atomic E-state index is 0.418. The second-order valence-corrected chi connectivity index (χ2v) is 5.04. The van der Waals surface area contributed by atoms with Gasteiger partial charge in [-0.15, -0.1) is 0 Å². The molecule has 2 aromatic heterocycles. The molecule has 0 fully saturated rings. The van der Waals surface area contributed by atoms with E-state index in [1.807, 2.05) is 43.3 Å². The maximum absolute atomic E-state index is 5.52. The number of aromatic amines is 1. The molecule has 0 aliphatic carbocycles. The molecule has 0 saturated carbocycles. The summed E-state index contributed by atoms with van der Waals surface area (Å²) in [5.74, 6) is 1.40. The first-order valence-corrected chi connectivity index (χ1v) is 7.54. The summed E-state index contributed by atoms with van der Waals surface area (Å²) < 4.78 is 7.52. The van der Waals surface area contributed by atoms with E-state index in [1.54, 1.807) is 23.3 Å². The van der Waals surface area contributed by atoms with Crippen LogP contribution in [0.4, 0.5) is 0 Å². The van der Waals surface area contributed by atoms with Crippen molar-refractivity contribution in [3.63, 3.8) is 0 Å². The number of ether oxygens (including phenoxy) is 1. The number of rotatable bonds is 5. The maximum Gasteiger partial charge on any atom is 0.216 e. The first kappa shape index (κ1) is 15.1. The molecule has 2 heterocycles. The van der Waals surface area contributed by atoms with Gasteiger partial charge in [0.2, 0.25) is 4.77 Å². The van der Waals surface area contributed by atoms with Gasteiger partial charge >= 0.3 is 0 Å². The highest BCUT2D eigenvalue weighted by Gasteiger charge is 2.09. The summed E-state index contributed by atoms with van der Waals surface area (Å²) in [6.45, 7) is 2.55. The number of pyridine rings is 1. The highest BCUT2D eigenvalue weighted by molar-refractivity contribution is 7.71. The lowest BCUT2D eigenvalue weighted by Gasteiger charge is -2.05. The molecule has 6 nitrogen and oxygen atoms in total. The summed E-state index contributed by atoms with van der Waals surface area (Å²) >= 11 is 5.26. The summed E-state index contributed by atoms with van der Waals surface area (Å²) in [5, 5.41) is 11.4. The highest BCUT2D eigenvalue weighted by atomic mass is 32.1. The van der Waals surface area contributed by atoms with Crippen molar-refractivity contribution in [2.24, 2.45) is 5.10 Å². The van der Waals surface area contributed by atoms with Gasteiger partial charge < -0.3 is 4.74 Å². The molecule has 116 valence electrons. The molecule has 7 heteroatoms. The predicted octanol–water partition coefficient (Wildman–Crippen LogP) is 3.28. The molecule has 0 spiro atoms. The van der Waals surface area contributed by atoms with Crippen LogP contribution in [0.5, 0.6) is 5.75 Å². The molecule has 0 saturated heterocycles. The number of benzene rings is 1. The van der Waals surface area contributed by atoms with E-state index < -0.39 is 0 Å². The number of H-pyrrole nitrogens is 1. The van der Waals surface area contributed by atoms with Crippen molar-refractivity contribution in [1.82, 2.24) is 19.9 Å². The van der Waals surface area contributed by atoms with Crippen LogP contribution in [-0.4, -0.2) is 32.7 Å². The standard InChI is InChI=1S/C16H15N5OS/c1-2-22-14-7-3-6-13(9-14)15-19-20-16(23)21(15)18-11-12-5-4-8-17-10-12/h3-11H,2H2,1H3,(H,20,23). The normalized spacial score (nSPS) is 11.0. The third kappa shape index (κ3) is 3.51. The quantitative estimate of drug-likeness (QED) is 0.577. The Bertz CT molecular complexity index is 869. The van der Waals surface area contributed by atoms with E-state index >= 15 is 0 Å². The van der Waals surface area contributed by atoms with Crippen molar-refractivity contribution in [3.05, 3.63) is 59.1 Å². The van der Waals surface area contributed by atoms with Crippen molar-refractivity contribution in [2.75, 3.05) is 6.61 Å². The Morgan fingerprint density at radius 1 is 1.35 bits per heavy atom. The van der Waals surface area contributed by atoms with Crippen LogP contribution in [0.3, 0.4) is 0 Å². The van der Waals surface area contributed by atoms with E-state index in [0.29, 0.717) is 17.2 Å². The minimum atomic E-state index is 0.418. The second-order valence-electron chi connectivity index (χ2n) is 4.66. The zero-order valence-corrected chi connectivity index (χ0v) is 13.3. The molecular weight excluding hydrogens is 310 g/mol. The Balaban J connectivity index is 1.97. The van der Waals surface area contributed by atoms with Crippen molar-refractivity contribution in [3.8, 4) is 17.1 Å². The Morgan fingerprint density at radius 3 is 3.04 bits per heavy atom. The van der Waals surface area contributed by atoms with Crippen LogP contribution in [0.2, 0.25) is 0 Å². The predicted molar refractivity (Wildman–Crippen MR) is 91.2 cm³/mol.